The van der Waals surface area contributed by atoms with Crippen LogP contribution in [0.25, 0.3) is 0 Å². The molecule has 3 fully saturated rings. The van der Waals surface area contributed by atoms with Crippen LogP contribution in [-0.4, -0.2) is 0 Å². The SMILES string of the molecule is C1CC1C12CCC1CC2. The van der Waals surface area contributed by atoms with E-state index in [1.165, 1.54) is 11.8 Å². The lowest BCUT2D eigenvalue weighted by molar-refractivity contribution is -0.0938. The first kappa shape index (κ1) is 4.76. The molecule has 3 rings (SSSR count). The van der Waals surface area contributed by atoms with Crippen molar-refractivity contribution in [2.24, 2.45) is 17.3 Å². The van der Waals surface area contributed by atoms with Crippen LogP contribution in [0.5, 0.6) is 0 Å². The summed E-state index contributed by atoms with van der Waals surface area (Å²) in [4.78, 5) is 0. The monoisotopic (exact) mass is 122 g/mol. The molecule has 0 N–H and O–H groups in total. The molecule has 0 unspecified atom stereocenters. The fourth-order valence-electron chi connectivity index (χ4n) is 3.11. The van der Waals surface area contributed by atoms with Crippen molar-refractivity contribution in [3.63, 3.8) is 0 Å². The Morgan fingerprint density at radius 3 is 1.44 bits per heavy atom. The predicted molar refractivity (Wildman–Crippen MR) is 37.1 cm³/mol. The van der Waals surface area contributed by atoms with Crippen molar-refractivity contribution < 1.29 is 0 Å². The third kappa shape index (κ3) is 0.395. The summed E-state index contributed by atoms with van der Waals surface area (Å²) in [7, 11) is 0. The molecule has 0 amide bonds. The molecule has 50 valence electrons. The fraction of sp³-hybridized carbons (Fsp3) is 1.00. The van der Waals surface area contributed by atoms with Crippen molar-refractivity contribution in [1.82, 2.24) is 0 Å². The lowest BCUT2D eigenvalue weighted by atomic mass is 9.46. The highest BCUT2D eigenvalue weighted by molar-refractivity contribution is 5.10. The van der Waals surface area contributed by atoms with Gasteiger partial charge >= 0.3 is 0 Å². The molecule has 0 heterocycles. The van der Waals surface area contributed by atoms with E-state index in [0.29, 0.717) is 0 Å². The largest absolute Gasteiger partial charge is 0.0496 e. The first-order valence-electron chi connectivity index (χ1n) is 4.42. The smallest absolute Gasteiger partial charge is 0.0241 e. The topological polar surface area (TPSA) is 0 Å². The molecule has 3 aliphatic rings. The quantitative estimate of drug-likeness (QED) is 0.501. The summed E-state index contributed by atoms with van der Waals surface area (Å²) < 4.78 is 0. The van der Waals surface area contributed by atoms with Gasteiger partial charge in [-0.05, 0) is 55.8 Å². The van der Waals surface area contributed by atoms with Gasteiger partial charge in [0.1, 0.15) is 0 Å². The first-order valence-corrected chi connectivity index (χ1v) is 4.42. The van der Waals surface area contributed by atoms with E-state index in [-0.39, 0.29) is 0 Å². The minimum Gasteiger partial charge on any atom is -0.0496 e. The molecule has 3 aliphatic carbocycles. The summed E-state index contributed by atoms with van der Waals surface area (Å²) in [5.74, 6) is 2.43. The Morgan fingerprint density at radius 1 is 0.778 bits per heavy atom. The molecule has 0 spiro atoms. The summed E-state index contributed by atoms with van der Waals surface area (Å²) in [6.07, 6.45) is 9.52. The molecular formula is C9H14. The Labute approximate surface area is 56.6 Å². The molecule has 0 aromatic heterocycles. The Morgan fingerprint density at radius 2 is 1.33 bits per heavy atom. The fourth-order valence-corrected chi connectivity index (χ4v) is 3.11. The molecule has 9 heavy (non-hydrogen) atoms. The maximum atomic E-state index is 1.60. The molecule has 0 aliphatic heterocycles. The van der Waals surface area contributed by atoms with E-state index < -0.39 is 0 Å². The van der Waals surface area contributed by atoms with Gasteiger partial charge in [-0.15, -0.1) is 0 Å². The Bertz CT molecular complexity index is 132. The molecule has 0 heteroatoms. The standard InChI is InChI=1S/C9H14/c1-2-7(1)9-5-3-8(9)4-6-9/h7-8H,1-6H2. The second kappa shape index (κ2) is 1.21. The van der Waals surface area contributed by atoms with Gasteiger partial charge in [-0.1, -0.05) is 0 Å². The van der Waals surface area contributed by atoms with E-state index in [1.54, 1.807) is 38.5 Å². The molecule has 3 saturated carbocycles. The van der Waals surface area contributed by atoms with Crippen molar-refractivity contribution in [2.75, 3.05) is 0 Å². The third-order valence-electron chi connectivity index (χ3n) is 4.12. The predicted octanol–water partition coefficient (Wildman–Crippen LogP) is 2.59. The van der Waals surface area contributed by atoms with Crippen molar-refractivity contribution in [2.45, 2.75) is 38.5 Å². The lowest BCUT2D eigenvalue weighted by Gasteiger charge is -2.59. The van der Waals surface area contributed by atoms with Crippen LogP contribution in [0.15, 0.2) is 0 Å². The van der Waals surface area contributed by atoms with Gasteiger partial charge in [-0.2, -0.15) is 0 Å². The average Bonchev–Trinajstić information content (AvgIpc) is 2.60. The van der Waals surface area contributed by atoms with Crippen molar-refractivity contribution in [3.8, 4) is 0 Å². The number of rotatable bonds is 1. The Hall–Kier alpha value is 0. The molecule has 0 aromatic carbocycles. The highest BCUT2D eigenvalue weighted by Crippen LogP contribution is 2.70. The number of hydrogen-bond acceptors (Lipinski definition) is 0. The zero-order chi connectivity index (χ0) is 5.90. The highest BCUT2D eigenvalue weighted by Gasteiger charge is 2.60. The van der Waals surface area contributed by atoms with Gasteiger partial charge < -0.3 is 0 Å². The summed E-state index contributed by atoms with van der Waals surface area (Å²) in [5, 5.41) is 0. The third-order valence-corrected chi connectivity index (χ3v) is 4.12. The van der Waals surface area contributed by atoms with Crippen LogP contribution < -0.4 is 0 Å². The maximum Gasteiger partial charge on any atom is -0.0241 e. The van der Waals surface area contributed by atoms with E-state index in [9.17, 15) is 0 Å². The average molecular weight is 122 g/mol. The van der Waals surface area contributed by atoms with Gasteiger partial charge in [-0.25, -0.2) is 0 Å². The van der Waals surface area contributed by atoms with Crippen LogP contribution in [-0.2, 0) is 0 Å². The summed E-state index contributed by atoms with van der Waals surface area (Å²) in [6, 6.07) is 0. The van der Waals surface area contributed by atoms with Crippen molar-refractivity contribution >= 4 is 0 Å². The Kier molecular flexibility index (Phi) is 0.640. The van der Waals surface area contributed by atoms with E-state index in [1.807, 2.05) is 0 Å². The zero-order valence-electron chi connectivity index (χ0n) is 5.90. The normalized spacial score (nSPS) is 55.3. The summed E-state index contributed by atoms with van der Waals surface area (Å²) >= 11 is 0. The first-order chi connectivity index (χ1) is 4.42. The molecule has 0 radical (unpaired) electrons. The van der Waals surface area contributed by atoms with Gasteiger partial charge in [0.25, 0.3) is 0 Å². The van der Waals surface area contributed by atoms with Crippen LogP contribution in [0.1, 0.15) is 38.5 Å². The minimum absolute atomic E-state index is 0.972. The lowest BCUT2D eigenvalue weighted by Crippen LogP contribution is -2.50. The molecule has 0 aromatic rings. The van der Waals surface area contributed by atoms with Gasteiger partial charge in [0.15, 0.2) is 0 Å². The summed E-state index contributed by atoms with van der Waals surface area (Å²) in [6.45, 7) is 0. The molecule has 0 nitrogen and oxygen atoms in total. The van der Waals surface area contributed by atoms with E-state index in [0.717, 1.165) is 5.41 Å². The van der Waals surface area contributed by atoms with E-state index in [4.69, 9.17) is 0 Å². The molecule has 0 atom stereocenters. The second-order valence-electron chi connectivity index (χ2n) is 4.28. The van der Waals surface area contributed by atoms with Gasteiger partial charge in [0, 0.05) is 0 Å². The van der Waals surface area contributed by atoms with Crippen LogP contribution in [0.4, 0.5) is 0 Å². The van der Waals surface area contributed by atoms with E-state index in [2.05, 4.69) is 0 Å². The van der Waals surface area contributed by atoms with E-state index >= 15 is 0 Å². The van der Waals surface area contributed by atoms with Crippen LogP contribution in [0.2, 0.25) is 0 Å². The number of fused-ring (bicyclic) bond motifs is 1. The zero-order valence-corrected chi connectivity index (χ0v) is 5.90. The second-order valence-corrected chi connectivity index (χ2v) is 4.28. The van der Waals surface area contributed by atoms with Crippen LogP contribution >= 0.6 is 0 Å². The Balaban J connectivity index is 1.85. The maximum absolute atomic E-state index is 1.60. The van der Waals surface area contributed by atoms with Crippen molar-refractivity contribution in [1.29, 1.82) is 0 Å². The highest BCUT2D eigenvalue weighted by atomic mass is 14.6. The molecule has 0 bridgehead atoms. The number of hydrogen-bond donors (Lipinski definition) is 0. The van der Waals surface area contributed by atoms with Gasteiger partial charge in [0.2, 0.25) is 0 Å². The minimum atomic E-state index is 0.972. The molecule has 0 saturated heterocycles. The van der Waals surface area contributed by atoms with Gasteiger partial charge in [0.05, 0.1) is 0 Å². The molecular weight excluding hydrogens is 108 g/mol. The van der Waals surface area contributed by atoms with Crippen LogP contribution in [0.3, 0.4) is 0 Å². The summed E-state index contributed by atoms with van der Waals surface area (Å²) in [5.41, 5.74) is 0.972. The van der Waals surface area contributed by atoms with Crippen LogP contribution in [0, 0.1) is 17.3 Å². The van der Waals surface area contributed by atoms with Gasteiger partial charge in [-0.3, -0.25) is 0 Å². The van der Waals surface area contributed by atoms with Crippen molar-refractivity contribution in [3.05, 3.63) is 0 Å².